The van der Waals surface area contributed by atoms with E-state index in [0.29, 0.717) is 12.8 Å². The lowest BCUT2D eigenvalue weighted by molar-refractivity contribution is -0.135. The number of carbonyl (C=O) groups is 2. The van der Waals surface area contributed by atoms with Crippen LogP contribution in [0, 0.1) is 0 Å². The maximum Gasteiger partial charge on any atom is 0.415 e. The van der Waals surface area contributed by atoms with Gasteiger partial charge in [-0.2, -0.15) is 0 Å². The van der Waals surface area contributed by atoms with E-state index in [2.05, 4.69) is 17.1 Å². The SMILES string of the molecule is CCCCN1CCC2(CC1)OC(=O)NC2=O. The number of imide groups is 1. The van der Waals surface area contributed by atoms with Gasteiger partial charge in [-0.3, -0.25) is 10.1 Å². The summed E-state index contributed by atoms with van der Waals surface area (Å²) in [4.78, 5) is 24.9. The highest BCUT2D eigenvalue weighted by Gasteiger charge is 2.50. The molecule has 0 saturated carbocycles. The Morgan fingerprint density at radius 3 is 2.56 bits per heavy atom. The van der Waals surface area contributed by atoms with Crippen LogP contribution in [-0.2, 0) is 9.53 Å². The Bertz CT molecular complexity index is 296. The maximum atomic E-state index is 11.6. The number of alkyl carbamates (subject to hydrolysis) is 1. The van der Waals surface area contributed by atoms with Gasteiger partial charge in [-0.1, -0.05) is 13.3 Å². The van der Waals surface area contributed by atoms with E-state index >= 15 is 0 Å². The molecule has 2 aliphatic rings. The van der Waals surface area contributed by atoms with Crippen LogP contribution in [0.25, 0.3) is 0 Å². The van der Waals surface area contributed by atoms with Gasteiger partial charge in [0.1, 0.15) is 0 Å². The van der Waals surface area contributed by atoms with Crippen LogP contribution < -0.4 is 5.32 Å². The van der Waals surface area contributed by atoms with E-state index in [0.717, 1.165) is 19.6 Å². The molecule has 2 aliphatic heterocycles. The summed E-state index contributed by atoms with van der Waals surface area (Å²) in [6.45, 7) is 4.90. The molecule has 0 atom stereocenters. The van der Waals surface area contributed by atoms with Crippen LogP contribution in [-0.4, -0.2) is 42.1 Å². The van der Waals surface area contributed by atoms with Crippen LogP contribution in [0.5, 0.6) is 0 Å². The molecule has 0 radical (unpaired) electrons. The van der Waals surface area contributed by atoms with Gasteiger partial charge in [0.25, 0.3) is 5.91 Å². The summed E-state index contributed by atoms with van der Waals surface area (Å²) in [5, 5.41) is 2.22. The summed E-state index contributed by atoms with van der Waals surface area (Å²) < 4.78 is 5.13. The third-order valence-electron chi connectivity index (χ3n) is 3.41. The lowest BCUT2D eigenvalue weighted by Gasteiger charge is -2.35. The molecule has 0 aliphatic carbocycles. The minimum atomic E-state index is -0.861. The van der Waals surface area contributed by atoms with Crippen molar-refractivity contribution in [1.82, 2.24) is 10.2 Å². The summed E-state index contributed by atoms with van der Waals surface area (Å²) in [5.41, 5.74) is -0.861. The fourth-order valence-electron chi connectivity index (χ4n) is 2.30. The van der Waals surface area contributed by atoms with Crippen LogP contribution in [0.3, 0.4) is 0 Å². The third kappa shape index (κ3) is 2.04. The minimum absolute atomic E-state index is 0.257. The largest absolute Gasteiger partial charge is 0.432 e. The highest BCUT2D eigenvalue weighted by atomic mass is 16.6. The highest BCUT2D eigenvalue weighted by molar-refractivity contribution is 6.02. The first-order valence-corrected chi connectivity index (χ1v) is 5.93. The average molecular weight is 226 g/mol. The van der Waals surface area contributed by atoms with Crippen molar-refractivity contribution in [2.45, 2.75) is 38.2 Å². The van der Waals surface area contributed by atoms with E-state index in [-0.39, 0.29) is 5.91 Å². The molecule has 0 bridgehead atoms. The van der Waals surface area contributed by atoms with Gasteiger partial charge < -0.3 is 9.64 Å². The van der Waals surface area contributed by atoms with Crippen molar-refractivity contribution in [1.29, 1.82) is 0 Å². The molecule has 90 valence electrons. The number of unbranched alkanes of at least 4 members (excludes halogenated alkanes) is 1. The zero-order chi connectivity index (χ0) is 11.6. The van der Waals surface area contributed by atoms with E-state index in [1.165, 1.54) is 12.8 Å². The molecular weight excluding hydrogens is 208 g/mol. The van der Waals surface area contributed by atoms with Gasteiger partial charge in [0.05, 0.1) is 0 Å². The number of nitrogens with zero attached hydrogens (tertiary/aromatic N) is 1. The van der Waals surface area contributed by atoms with E-state index in [1.807, 2.05) is 0 Å². The van der Waals surface area contributed by atoms with Crippen molar-refractivity contribution in [3.05, 3.63) is 0 Å². The van der Waals surface area contributed by atoms with Gasteiger partial charge in [-0.05, 0) is 13.0 Å². The third-order valence-corrected chi connectivity index (χ3v) is 3.41. The predicted octanol–water partition coefficient (Wildman–Crippen LogP) is 0.887. The Kier molecular flexibility index (Phi) is 3.14. The molecule has 2 rings (SSSR count). The second-order valence-electron chi connectivity index (χ2n) is 4.53. The Balaban J connectivity index is 1.89. The zero-order valence-corrected chi connectivity index (χ0v) is 9.62. The topological polar surface area (TPSA) is 58.6 Å². The van der Waals surface area contributed by atoms with Gasteiger partial charge in [0.2, 0.25) is 0 Å². The van der Waals surface area contributed by atoms with Crippen molar-refractivity contribution >= 4 is 12.0 Å². The first-order chi connectivity index (χ1) is 7.66. The van der Waals surface area contributed by atoms with Gasteiger partial charge in [0.15, 0.2) is 5.60 Å². The first-order valence-electron chi connectivity index (χ1n) is 5.93. The second kappa shape index (κ2) is 4.41. The van der Waals surface area contributed by atoms with Crippen LogP contribution in [0.4, 0.5) is 4.79 Å². The molecule has 1 N–H and O–H groups in total. The number of nitrogens with one attached hydrogen (secondary N) is 1. The predicted molar refractivity (Wildman–Crippen MR) is 57.9 cm³/mol. The molecular formula is C11H18N2O3. The number of carbonyl (C=O) groups excluding carboxylic acids is 2. The molecule has 16 heavy (non-hydrogen) atoms. The summed E-state index contributed by atoms with van der Waals surface area (Å²) in [7, 11) is 0. The maximum absolute atomic E-state index is 11.6. The van der Waals surface area contributed by atoms with Crippen LogP contribution in [0.2, 0.25) is 0 Å². The summed E-state index contributed by atoms with van der Waals surface area (Å²) in [6, 6.07) is 0. The Morgan fingerprint density at radius 1 is 1.38 bits per heavy atom. The lowest BCUT2D eigenvalue weighted by Crippen LogP contribution is -2.49. The second-order valence-corrected chi connectivity index (χ2v) is 4.53. The summed E-state index contributed by atoms with van der Waals surface area (Å²) >= 11 is 0. The molecule has 1 spiro atoms. The summed E-state index contributed by atoms with van der Waals surface area (Å²) in [5.74, 6) is -0.257. The minimum Gasteiger partial charge on any atom is -0.432 e. The number of piperidine rings is 1. The van der Waals surface area contributed by atoms with Crippen LogP contribution >= 0.6 is 0 Å². The molecule has 0 aromatic carbocycles. The van der Waals surface area contributed by atoms with Crippen molar-refractivity contribution in [2.24, 2.45) is 0 Å². The van der Waals surface area contributed by atoms with Gasteiger partial charge in [-0.25, -0.2) is 4.79 Å². The molecule has 5 heteroatoms. The van der Waals surface area contributed by atoms with E-state index < -0.39 is 11.7 Å². The average Bonchev–Trinajstić information content (AvgIpc) is 2.53. The lowest BCUT2D eigenvalue weighted by atomic mass is 9.91. The molecule has 0 unspecified atom stereocenters. The van der Waals surface area contributed by atoms with E-state index in [9.17, 15) is 9.59 Å². The van der Waals surface area contributed by atoms with E-state index in [4.69, 9.17) is 4.74 Å². The molecule has 0 aromatic heterocycles. The number of rotatable bonds is 3. The number of likely N-dealkylation sites (tertiary alicyclic amines) is 1. The first kappa shape index (κ1) is 11.4. The van der Waals surface area contributed by atoms with Crippen molar-refractivity contribution in [3.63, 3.8) is 0 Å². The number of hydrogen-bond acceptors (Lipinski definition) is 4. The van der Waals surface area contributed by atoms with Gasteiger partial charge in [0, 0.05) is 25.9 Å². The number of hydrogen-bond donors (Lipinski definition) is 1. The summed E-state index contributed by atoms with van der Waals surface area (Å²) in [6.07, 6.45) is 3.01. The van der Waals surface area contributed by atoms with Crippen molar-refractivity contribution in [3.8, 4) is 0 Å². The quantitative estimate of drug-likeness (QED) is 0.776. The fraction of sp³-hybridized carbons (Fsp3) is 0.818. The molecule has 2 saturated heterocycles. The van der Waals surface area contributed by atoms with Gasteiger partial charge >= 0.3 is 6.09 Å². The Hall–Kier alpha value is -1.10. The molecule has 2 fully saturated rings. The molecule has 5 nitrogen and oxygen atoms in total. The van der Waals surface area contributed by atoms with Gasteiger partial charge in [-0.15, -0.1) is 0 Å². The smallest absolute Gasteiger partial charge is 0.415 e. The van der Waals surface area contributed by atoms with E-state index in [1.54, 1.807) is 0 Å². The monoisotopic (exact) mass is 226 g/mol. The zero-order valence-electron chi connectivity index (χ0n) is 9.62. The standard InChI is InChI=1S/C11H18N2O3/c1-2-3-6-13-7-4-11(5-8-13)9(14)12-10(15)16-11/h2-8H2,1H3,(H,12,14,15). The Morgan fingerprint density at radius 2 is 2.06 bits per heavy atom. The van der Waals surface area contributed by atoms with Crippen LogP contribution in [0.1, 0.15) is 32.6 Å². The molecule has 2 heterocycles. The molecule has 0 aromatic rings. The van der Waals surface area contributed by atoms with Crippen LogP contribution in [0.15, 0.2) is 0 Å². The number of ether oxygens (including phenoxy) is 1. The normalized spacial score (nSPS) is 24.6. The Labute approximate surface area is 95.1 Å². The number of amides is 2. The molecule has 2 amide bonds. The van der Waals surface area contributed by atoms with Crippen molar-refractivity contribution in [2.75, 3.05) is 19.6 Å². The van der Waals surface area contributed by atoms with Crippen molar-refractivity contribution < 1.29 is 14.3 Å². The highest BCUT2D eigenvalue weighted by Crippen LogP contribution is 2.30. The fourth-order valence-corrected chi connectivity index (χ4v) is 2.30.